The summed E-state index contributed by atoms with van der Waals surface area (Å²) >= 11 is 0. The Kier molecular flexibility index (Phi) is 9.40. The van der Waals surface area contributed by atoms with E-state index in [4.69, 9.17) is 4.42 Å². The molecule has 0 aliphatic heterocycles. The van der Waals surface area contributed by atoms with Crippen molar-refractivity contribution < 1.29 is 9.21 Å². The number of carbonyl (C=O) groups excluding carboxylic acids is 1. The zero-order valence-corrected chi connectivity index (χ0v) is 19.5. The van der Waals surface area contributed by atoms with Crippen molar-refractivity contribution >= 4 is 41.5 Å². The van der Waals surface area contributed by atoms with Crippen LogP contribution in [0.1, 0.15) is 34.2 Å². The molecule has 1 heterocycles. The van der Waals surface area contributed by atoms with Crippen molar-refractivity contribution in [2.24, 2.45) is 4.99 Å². The molecular weight excluding hydrogens is 491 g/mol. The molecule has 0 saturated heterocycles. The molecule has 6 nitrogen and oxygen atoms in total. The van der Waals surface area contributed by atoms with Gasteiger partial charge in [-0.3, -0.25) is 9.79 Å². The zero-order valence-electron chi connectivity index (χ0n) is 17.1. The topological polar surface area (TPSA) is 78.7 Å². The number of aliphatic imine (C=N–C) groups is 1. The highest BCUT2D eigenvalue weighted by Crippen LogP contribution is 2.13. The third-order valence-corrected chi connectivity index (χ3v) is 4.56. The maximum Gasteiger partial charge on any atom is 0.291 e. The summed E-state index contributed by atoms with van der Waals surface area (Å²) in [6.45, 7) is 3.45. The van der Waals surface area contributed by atoms with Crippen LogP contribution >= 0.6 is 24.0 Å². The molecule has 0 radical (unpaired) electrons. The van der Waals surface area contributed by atoms with Crippen molar-refractivity contribution in [3.05, 3.63) is 89.4 Å². The summed E-state index contributed by atoms with van der Waals surface area (Å²) in [5, 5.41) is 9.50. The molecule has 30 heavy (non-hydrogen) atoms. The normalized spacial score (nSPS) is 10.8. The van der Waals surface area contributed by atoms with Crippen LogP contribution in [0.3, 0.4) is 0 Å². The number of carbonyl (C=O) groups is 1. The minimum atomic E-state index is -0.271. The van der Waals surface area contributed by atoms with Gasteiger partial charge in [0.25, 0.3) is 5.91 Å². The highest BCUT2D eigenvalue weighted by Gasteiger charge is 2.09. The number of amides is 1. The Bertz CT molecular complexity index is 971. The third kappa shape index (κ3) is 6.62. The minimum absolute atomic E-state index is 0. The van der Waals surface area contributed by atoms with Crippen molar-refractivity contribution in [3.63, 3.8) is 0 Å². The van der Waals surface area contributed by atoms with E-state index in [9.17, 15) is 4.79 Å². The SMILES string of the molecule is CCc1ccccc1CNC(=NC)NCc1cccc(NC(=O)c2ccco2)c1.I. The van der Waals surface area contributed by atoms with Crippen LogP contribution in [0.5, 0.6) is 0 Å². The van der Waals surface area contributed by atoms with Crippen molar-refractivity contribution in [2.75, 3.05) is 12.4 Å². The van der Waals surface area contributed by atoms with Crippen LogP contribution in [-0.4, -0.2) is 18.9 Å². The fourth-order valence-electron chi connectivity index (χ4n) is 3.02. The number of aryl methyl sites for hydroxylation is 1. The first-order valence-corrected chi connectivity index (χ1v) is 9.64. The van der Waals surface area contributed by atoms with Crippen LogP contribution in [0.4, 0.5) is 5.69 Å². The third-order valence-electron chi connectivity index (χ3n) is 4.56. The quantitative estimate of drug-likeness (QED) is 0.243. The van der Waals surface area contributed by atoms with Crippen LogP contribution < -0.4 is 16.0 Å². The first-order valence-electron chi connectivity index (χ1n) is 9.64. The fraction of sp³-hybridized carbons (Fsp3) is 0.217. The van der Waals surface area contributed by atoms with Gasteiger partial charge in [-0.05, 0) is 47.4 Å². The number of guanidine groups is 1. The highest BCUT2D eigenvalue weighted by atomic mass is 127. The molecule has 0 aliphatic rings. The lowest BCUT2D eigenvalue weighted by atomic mass is 10.1. The maximum atomic E-state index is 12.1. The zero-order chi connectivity index (χ0) is 20.5. The molecular formula is C23H27IN4O2. The Labute approximate surface area is 194 Å². The van der Waals surface area contributed by atoms with Gasteiger partial charge in [0.1, 0.15) is 0 Å². The summed E-state index contributed by atoms with van der Waals surface area (Å²) in [5.41, 5.74) is 4.33. The molecule has 3 N–H and O–H groups in total. The van der Waals surface area contributed by atoms with Crippen LogP contribution in [0.2, 0.25) is 0 Å². The van der Waals surface area contributed by atoms with Gasteiger partial charge in [-0.1, -0.05) is 43.3 Å². The van der Waals surface area contributed by atoms with Gasteiger partial charge < -0.3 is 20.4 Å². The number of furan rings is 1. The van der Waals surface area contributed by atoms with Gasteiger partial charge >= 0.3 is 0 Å². The lowest BCUT2D eigenvalue weighted by molar-refractivity contribution is 0.0996. The van der Waals surface area contributed by atoms with Crippen molar-refractivity contribution in [1.82, 2.24) is 10.6 Å². The summed E-state index contributed by atoms with van der Waals surface area (Å²) in [5.74, 6) is 0.735. The molecule has 1 amide bonds. The summed E-state index contributed by atoms with van der Waals surface area (Å²) in [7, 11) is 1.75. The van der Waals surface area contributed by atoms with Crippen molar-refractivity contribution in [3.8, 4) is 0 Å². The van der Waals surface area contributed by atoms with Crippen LogP contribution in [-0.2, 0) is 19.5 Å². The van der Waals surface area contributed by atoms with E-state index in [1.54, 1.807) is 19.2 Å². The van der Waals surface area contributed by atoms with Crippen molar-refractivity contribution in [1.29, 1.82) is 0 Å². The molecule has 3 rings (SSSR count). The lowest BCUT2D eigenvalue weighted by Crippen LogP contribution is -2.36. The molecule has 0 spiro atoms. The lowest BCUT2D eigenvalue weighted by Gasteiger charge is -2.14. The first kappa shape index (κ1) is 23.5. The molecule has 7 heteroatoms. The molecule has 0 unspecified atom stereocenters. The Morgan fingerprint density at radius 3 is 2.43 bits per heavy atom. The van der Waals surface area contributed by atoms with E-state index in [1.807, 2.05) is 24.3 Å². The number of hydrogen-bond donors (Lipinski definition) is 3. The average molecular weight is 518 g/mol. The summed E-state index contributed by atoms with van der Waals surface area (Å²) in [4.78, 5) is 16.4. The molecule has 1 aromatic heterocycles. The van der Waals surface area contributed by atoms with Gasteiger partial charge in [-0.25, -0.2) is 0 Å². The molecule has 3 aromatic rings. The van der Waals surface area contributed by atoms with Gasteiger partial charge in [0.05, 0.1) is 6.26 Å². The first-order chi connectivity index (χ1) is 14.2. The molecule has 158 valence electrons. The Balaban J connectivity index is 0.00000320. The number of benzene rings is 2. The minimum Gasteiger partial charge on any atom is -0.459 e. The summed E-state index contributed by atoms with van der Waals surface area (Å²) in [6.07, 6.45) is 2.48. The molecule has 0 saturated carbocycles. The van der Waals surface area contributed by atoms with E-state index in [-0.39, 0.29) is 35.6 Å². The van der Waals surface area contributed by atoms with Crippen LogP contribution in [0.15, 0.2) is 76.3 Å². The molecule has 0 fully saturated rings. The van der Waals surface area contributed by atoms with E-state index in [1.165, 1.54) is 17.4 Å². The largest absolute Gasteiger partial charge is 0.459 e. The maximum absolute atomic E-state index is 12.1. The van der Waals surface area contributed by atoms with E-state index < -0.39 is 0 Å². The van der Waals surface area contributed by atoms with Crippen LogP contribution in [0, 0.1) is 0 Å². The molecule has 2 aromatic carbocycles. The number of anilines is 1. The second-order valence-electron chi connectivity index (χ2n) is 6.53. The van der Waals surface area contributed by atoms with Gasteiger partial charge in [0, 0.05) is 25.8 Å². The van der Waals surface area contributed by atoms with Gasteiger partial charge in [-0.2, -0.15) is 0 Å². The average Bonchev–Trinajstić information content (AvgIpc) is 3.29. The number of hydrogen-bond acceptors (Lipinski definition) is 3. The van der Waals surface area contributed by atoms with Gasteiger partial charge in [-0.15, -0.1) is 24.0 Å². The Morgan fingerprint density at radius 2 is 1.73 bits per heavy atom. The van der Waals surface area contributed by atoms with Gasteiger partial charge in [0.15, 0.2) is 11.7 Å². The molecule has 0 aliphatic carbocycles. The Morgan fingerprint density at radius 1 is 0.967 bits per heavy atom. The number of nitrogens with one attached hydrogen (secondary N) is 3. The number of nitrogens with zero attached hydrogens (tertiary/aromatic N) is 1. The molecule has 0 bridgehead atoms. The van der Waals surface area contributed by atoms with E-state index in [0.29, 0.717) is 18.8 Å². The van der Waals surface area contributed by atoms with Crippen LogP contribution in [0.25, 0.3) is 0 Å². The van der Waals surface area contributed by atoms with Gasteiger partial charge in [0.2, 0.25) is 0 Å². The summed E-state index contributed by atoms with van der Waals surface area (Å²) in [6, 6.07) is 19.4. The number of halogens is 1. The monoisotopic (exact) mass is 518 g/mol. The molecule has 0 atom stereocenters. The predicted octanol–water partition coefficient (Wildman–Crippen LogP) is 4.58. The Hall–Kier alpha value is -2.81. The van der Waals surface area contributed by atoms with E-state index in [2.05, 4.69) is 52.1 Å². The summed E-state index contributed by atoms with van der Waals surface area (Å²) < 4.78 is 5.12. The fourth-order valence-corrected chi connectivity index (χ4v) is 3.02. The highest BCUT2D eigenvalue weighted by molar-refractivity contribution is 14.0. The predicted molar refractivity (Wildman–Crippen MR) is 131 cm³/mol. The second-order valence-corrected chi connectivity index (χ2v) is 6.53. The van der Waals surface area contributed by atoms with E-state index >= 15 is 0 Å². The number of rotatable bonds is 7. The van der Waals surface area contributed by atoms with Crippen molar-refractivity contribution in [2.45, 2.75) is 26.4 Å². The second kappa shape index (κ2) is 12.0. The standard InChI is InChI=1S/C23H26N4O2.HI/c1-3-18-9-4-5-10-19(18)16-26-23(24-2)25-15-17-8-6-11-20(14-17)27-22(28)21-12-7-13-29-21;/h4-14H,3,15-16H2,1-2H3,(H,27,28)(H2,24,25,26);1H. The smallest absolute Gasteiger partial charge is 0.291 e. The van der Waals surface area contributed by atoms with E-state index in [0.717, 1.165) is 17.9 Å².